The largest absolute Gasteiger partial charge is 0.475 e. The lowest BCUT2D eigenvalue weighted by atomic mass is 9.83. The third kappa shape index (κ3) is 5.26. The molecule has 0 radical (unpaired) electrons. The second kappa shape index (κ2) is 8.79. The first-order chi connectivity index (χ1) is 12.9. The summed E-state index contributed by atoms with van der Waals surface area (Å²) >= 11 is 1.27. The van der Waals surface area contributed by atoms with Crippen LogP contribution < -0.4 is 14.8 Å². The van der Waals surface area contributed by atoms with Crippen LogP contribution in [0.3, 0.4) is 0 Å². The van der Waals surface area contributed by atoms with Crippen molar-refractivity contribution in [2.75, 3.05) is 19.8 Å². The molecule has 27 heavy (non-hydrogen) atoms. The Morgan fingerprint density at radius 2 is 2.19 bits per heavy atom. The number of ether oxygens (including phenoxy) is 3. The van der Waals surface area contributed by atoms with Crippen molar-refractivity contribution in [2.45, 2.75) is 45.8 Å². The van der Waals surface area contributed by atoms with Gasteiger partial charge in [-0.1, -0.05) is 11.3 Å². The minimum atomic E-state index is -0.521. The number of thiazole rings is 1. The van der Waals surface area contributed by atoms with E-state index in [0.29, 0.717) is 41.3 Å². The van der Waals surface area contributed by atoms with Crippen LogP contribution in [0.2, 0.25) is 0 Å². The fraction of sp³-hybridized carbons (Fsp3) is 0.611. The molecule has 1 aliphatic rings. The van der Waals surface area contributed by atoms with Gasteiger partial charge in [-0.05, 0) is 32.6 Å². The first-order valence-electron chi connectivity index (χ1n) is 9.06. The van der Waals surface area contributed by atoms with E-state index >= 15 is 0 Å². The molecule has 1 saturated carbocycles. The van der Waals surface area contributed by atoms with Crippen LogP contribution in [0.1, 0.15) is 33.6 Å². The molecule has 3 rings (SSSR count). The number of carbonyl (C=O) groups excluding carboxylic acids is 1. The quantitative estimate of drug-likeness (QED) is 0.701. The van der Waals surface area contributed by atoms with Crippen molar-refractivity contribution in [1.29, 1.82) is 0 Å². The minimum absolute atomic E-state index is 0.00199. The molecule has 1 fully saturated rings. The number of hydrogen-bond acceptors (Lipinski definition) is 7. The van der Waals surface area contributed by atoms with Crippen LogP contribution >= 0.6 is 11.3 Å². The highest BCUT2D eigenvalue weighted by atomic mass is 32.1. The number of rotatable bonds is 9. The number of carbonyl (C=O) groups is 1. The van der Waals surface area contributed by atoms with Crippen LogP contribution in [-0.4, -0.2) is 47.8 Å². The molecule has 7 nitrogen and oxygen atoms in total. The Morgan fingerprint density at radius 3 is 2.89 bits per heavy atom. The highest BCUT2D eigenvalue weighted by Crippen LogP contribution is 2.33. The maximum absolute atomic E-state index is 14.2. The minimum Gasteiger partial charge on any atom is -0.475 e. The van der Waals surface area contributed by atoms with Gasteiger partial charge < -0.3 is 19.5 Å². The van der Waals surface area contributed by atoms with Crippen LogP contribution in [0, 0.1) is 11.7 Å². The summed E-state index contributed by atoms with van der Waals surface area (Å²) in [5.74, 6) is -0.278. The van der Waals surface area contributed by atoms with E-state index < -0.39 is 5.82 Å². The first-order valence-corrected chi connectivity index (χ1v) is 9.87. The molecule has 2 heterocycles. The van der Waals surface area contributed by atoms with Gasteiger partial charge in [-0.15, -0.1) is 0 Å². The van der Waals surface area contributed by atoms with Gasteiger partial charge in [0, 0.05) is 19.0 Å². The van der Waals surface area contributed by atoms with Gasteiger partial charge in [0.15, 0.2) is 10.6 Å². The first kappa shape index (κ1) is 19.8. The molecule has 0 aromatic carbocycles. The molecule has 0 spiro atoms. The van der Waals surface area contributed by atoms with E-state index in [4.69, 9.17) is 14.2 Å². The predicted molar refractivity (Wildman–Crippen MR) is 99.8 cm³/mol. The van der Waals surface area contributed by atoms with Crippen molar-refractivity contribution in [3.63, 3.8) is 0 Å². The third-order valence-electron chi connectivity index (χ3n) is 4.23. The molecule has 1 amide bonds. The van der Waals surface area contributed by atoms with Gasteiger partial charge in [-0.3, -0.25) is 4.79 Å². The van der Waals surface area contributed by atoms with Crippen LogP contribution in [0.15, 0.2) is 6.07 Å². The number of nitrogens with one attached hydrogen (secondary N) is 1. The molecule has 2 aromatic rings. The number of halogens is 1. The Labute approximate surface area is 161 Å². The fourth-order valence-corrected chi connectivity index (χ4v) is 3.73. The maximum atomic E-state index is 14.2. The molecule has 1 N–H and O–H groups in total. The zero-order valence-electron chi connectivity index (χ0n) is 15.7. The fourth-order valence-electron chi connectivity index (χ4n) is 2.90. The number of pyridine rings is 1. The molecule has 1 aliphatic carbocycles. The number of hydrogen-bond donors (Lipinski definition) is 1. The van der Waals surface area contributed by atoms with E-state index in [9.17, 15) is 9.18 Å². The van der Waals surface area contributed by atoms with Gasteiger partial charge in [0.05, 0.1) is 25.9 Å². The lowest BCUT2D eigenvalue weighted by Gasteiger charge is -2.35. The van der Waals surface area contributed by atoms with Gasteiger partial charge in [0.25, 0.3) is 11.1 Å². The summed E-state index contributed by atoms with van der Waals surface area (Å²) in [5.41, 5.74) is 0.471. The van der Waals surface area contributed by atoms with E-state index in [0.717, 1.165) is 12.8 Å². The lowest BCUT2D eigenvalue weighted by Crippen LogP contribution is -2.40. The number of aromatic nitrogens is 2. The Kier molecular flexibility index (Phi) is 6.43. The average molecular weight is 397 g/mol. The Hall–Kier alpha value is -2.00. The standard InChI is InChI=1S/C18H24FN3O4S/c1-4-24-18-21-15-7-14(19)16(22-17(15)27-18)26-9-12-5-13(6-12)25-8-10(2)20-11(3)23/h7,10,12-13H,4-6,8-9H2,1-3H3,(H,20,23)/t10-,12?,13?/m0/s1. The number of amides is 1. The molecule has 0 unspecified atom stereocenters. The molecule has 2 aromatic heterocycles. The van der Waals surface area contributed by atoms with E-state index in [-0.39, 0.29) is 23.9 Å². The summed E-state index contributed by atoms with van der Waals surface area (Å²) < 4.78 is 30.8. The average Bonchev–Trinajstić information content (AvgIpc) is 2.93. The summed E-state index contributed by atoms with van der Waals surface area (Å²) in [6.07, 6.45) is 1.86. The Morgan fingerprint density at radius 1 is 1.41 bits per heavy atom. The lowest BCUT2D eigenvalue weighted by molar-refractivity contribution is -0.120. The zero-order valence-corrected chi connectivity index (χ0v) is 16.5. The number of nitrogens with zero attached hydrogens (tertiary/aromatic N) is 2. The highest BCUT2D eigenvalue weighted by molar-refractivity contribution is 7.19. The summed E-state index contributed by atoms with van der Waals surface area (Å²) in [7, 11) is 0. The van der Waals surface area contributed by atoms with Crippen molar-refractivity contribution >= 4 is 27.6 Å². The maximum Gasteiger partial charge on any atom is 0.275 e. The van der Waals surface area contributed by atoms with Crippen molar-refractivity contribution in [1.82, 2.24) is 15.3 Å². The number of fused-ring (bicyclic) bond motifs is 1. The zero-order chi connectivity index (χ0) is 19.4. The molecule has 148 valence electrons. The summed E-state index contributed by atoms with van der Waals surface area (Å²) in [5, 5.41) is 3.26. The van der Waals surface area contributed by atoms with Gasteiger partial charge in [0.2, 0.25) is 5.91 Å². The smallest absolute Gasteiger partial charge is 0.275 e. The van der Waals surface area contributed by atoms with Crippen LogP contribution in [0.5, 0.6) is 11.1 Å². The molecular weight excluding hydrogens is 373 g/mol. The predicted octanol–water partition coefficient (Wildman–Crippen LogP) is 2.93. The SMILES string of the molecule is CCOc1nc2cc(F)c(OCC3CC(OC[C@H](C)NC(C)=O)C3)nc2s1. The van der Waals surface area contributed by atoms with E-state index in [1.54, 1.807) is 0 Å². The van der Waals surface area contributed by atoms with Crippen LogP contribution in [-0.2, 0) is 9.53 Å². The molecule has 9 heteroatoms. The molecule has 0 saturated heterocycles. The Balaban J connectivity index is 1.44. The van der Waals surface area contributed by atoms with E-state index in [1.165, 1.54) is 24.3 Å². The van der Waals surface area contributed by atoms with Gasteiger partial charge in [0.1, 0.15) is 5.52 Å². The second-order valence-corrected chi connectivity index (χ2v) is 7.66. The molecule has 0 aliphatic heterocycles. The van der Waals surface area contributed by atoms with Crippen molar-refractivity contribution in [2.24, 2.45) is 5.92 Å². The molecule has 1 atom stereocenters. The molecule has 0 bridgehead atoms. The van der Waals surface area contributed by atoms with Crippen molar-refractivity contribution < 1.29 is 23.4 Å². The van der Waals surface area contributed by atoms with Crippen LogP contribution in [0.25, 0.3) is 10.3 Å². The van der Waals surface area contributed by atoms with Crippen molar-refractivity contribution in [3.8, 4) is 11.1 Å². The van der Waals surface area contributed by atoms with Crippen molar-refractivity contribution in [3.05, 3.63) is 11.9 Å². The summed E-state index contributed by atoms with van der Waals surface area (Å²) in [6, 6.07) is 1.32. The topological polar surface area (TPSA) is 82.6 Å². The van der Waals surface area contributed by atoms with Gasteiger partial charge in [-0.25, -0.2) is 9.37 Å². The summed E-state index contributed by atoms with van der Waals surface area (Å²) in [6.45, 7) is 6.64. The second-order valence-electron chi connectivity index (χ2n) is 6.72. The van der Waals surface area contributed by atoms with Gasteiger partial charge >= 0.3 is 0 Å². The third-order valence-corrected chi connectivity index (χ3v) is 5.11. The monoisotopic (exact) mass is 397 g/mol. The normalized spacial score (nSPS) is 20.1. The van der Waals surface area contributed by atoms with Crippen LogP contribution in [0.4, 0.5) is 4.39 Å². The molecular formula is C18H24FN3O4S. The Bertz CT molecular complexity index is 794. The van der Waals surface area contributed by atoms with E-state index in [2.05, 4.69) is 15.3 Å². The summed E-state index contributed by atoms with van der Waals surface area (Å²) in [4.78, 5) is 20.0. The highest BCUT2D eigenvalue weighted by Gasteiger charge is 2.31. The van der Waals surface area contributed by atoms with E-state index in [1.807, 2.05) is 13.8 Å². The van der Waals surface area contributed by atoms with Gasteiger partial charge in [-0.2, -0.15) is 4.98 Å².